The van der Waals surface area contributed by atoms with Crippen molar-refractivity contribution in [2.45, 2.75) is 33.2 Å². The molecule has 0 unspecified atom stereocenters. The molecule has 0 bridgehead atoms. The summed E-state index contributed by atoms with van der Waals surface area (Å²) in [4.78, 5) is 20.5. The van der Waals surface area contributed by atoms with Gasteiger partial charge in [0.05, 0.1) is 17.1 Å². The SMILES string of the molecule is CC(=O)NCc1ccc(-c2csc(N3CCC[C@@H](C)C3)n2)s1. The quantitative estimate of drug-likeness (QED) is 0.925. The molecular formula is C16H21N3OS2. The van der Waals surface area contributed by atoms with E-state index in [1.807, 2.05) is 0 Å². The smallest absolute Gasteiger partial charge is 0.217 e. The Hall–Kier alpha value is -1.40. The molecule has 6 heteroatoms. The number of thiophene rings is 1. The van der Waals surface area contributed by atoms with Gasteiger partial charge >= 0.3 is 0 Å². The van der Waals surface area contributed by atoms with Crippen LogP contribution in [0.15, 0.2) is 17.5 Å². The number of carbonyl (C=O) groups excluding carboxylic acids is 1. The van der Waals surface area contributed by atoms with Crippen LogP contribution in [-0.4, -0.2) is 24.0 Å². The first kappa shape index (κ1) is 15.5. The highest BCUT2D eigenvalue weighted by atomic mass is 32.1. The van der Waals surface area contributed by atoms with E-state index in [4.69, 9.17) is 4.98 Å². The minimum absolute atomic E-state index is 0.00473. The van der Waals surface area contributed by atoms with Crippen molar-refractivity contribution < 1.29 is 4.79 Å². The Kier molecular flexibility index (Phi) is 4.78. The maximum atomic E-state index is 11.0. The van der Waals surface area contributed by atoms with Gasteiger partial charge in [-0.15, -0.1) is 22.7 Å². The number of anilines is 1. The molecule has 1 amide bonds. The standard InChI is InChI=1S/C16H21N3OS2/c1-11-4-3-7-19(9-11)16-18-14(10-21-16)15-6-5-13(22-15)8-17-12(2)20/h5-6,10-11H,3-4,7-9H2,1-2H3,(H,17,20)/t11-/m1/s1. The predicted octanol–water partition coefficient (Wildman–Crippen LogP) is 3.74. The van der Waals surface area contributed by atoms with Crippen LogP contribution in [-0.2, 0) is 11.3 Å². The Morgan fingerprint density at radius 3 is 3.14 bits per heavy atom. The third-order valence-electron chi connectivity index (χ3n) is 3.85. The molecule has 3 rings (SSSR count). The van der Waals surface area contributed by atoms with E-state index in [0.29, 0.717) is 6.54 Å². The van der Waals surface area contributed by atoms with Gasteiger partial charge in [0.2, 0.25) is 5.91 Å². The lowest BCUT2D eigenvalue weighted by molar-refractivity contribution is -0.119. The fraction of sp³-hybridized carbons (Fsp3) is 0.500. The van der Waals surface area contributed by atoms with Gasteiger partial charge < -0.3 is 10.2 Å². The lowest BCUT2D eigenvalue weighted by Crippen LogP contribution is -2.34. The van der Waals surface area contributed by atoms with Gasteiger partial charge in [-0.05, 0) is 30.9 Å². The van der Waals surface area contributed by atoms with Gasteiger partial charge in [-0.25, -0.2) is 4.98 Å². The van der Waals surface area contributed by atoms with Gasteiger partial charge in [0.1, 0.15) is 0 Å². The fourth-order valence-corrected chi connectivity index (χ4v) is 4.55. The molecule has 0 saturated carbocycles. The van der Waals surface area contributed by atoms with Gasteiger partial charge in [-0.2, -0.15) is 0 Å². The van der Waals surface area contributed by atoms with Crippen molar-refractivity contribution in [3.63, 3.8) is 0 Å². The van der Waals surface area contributed by atoms with E-state index in [9.17, 15) is 4.79 Å². The number of piperidine rings is 1. The molecule has 3 heterocycles. The molecule has 22 heavy (non-hydrogen) atoms. The van der Waals surface area contributed by atoms with E-state index in [1.165, 1.54) is 17.7 Å². The summed E-state index contributed by atoms with van der Waals surface area (Å²) in [6, 6.07) is 4.16. The summed E-state index contributed by atoms with van der Waals surface area (Å²) in [5.74, 6) is 0.761. The molecule has 1 saturated heterocycles. The predicted molar refractivity (Wildman–Crippen MR) is 93.6 cm³/mol. The summed E-state index contributed by atoms with van der Waals surface area (Å²) in [5.41, 5.74) is 1.05. The van der Waals surface area contributed by atoms with E-state index < -0.39 is 0 Å². The van der Waals surface area contributed by atoms with Crippen LogP contribution >= 0.6 is 22.7 Å². The van der Waals surface area contributed by atoms with Crippen molar-refractivity contribution in [3.8, 4) is 10.6 Å². The molecule has 0 spiro atoms. The zero-order chi connectivity index (χ0) is 15.5. The van der Waals surface area contributed by atoms with Crippen LogP contribution in [0.5, 0.6) is 0 Å². The first-order chi connectivity index (χ1) is 10.6. The molecule has 1 aliphatic heterocycles. The van der Waals surface area contributed by atoms with Crippen molar-refractivity contribution in [1.82, 2.24) is 10.3 Å². The Bertz CT molecular complexity index is 649. The molecule has 1 fully saturated rings. The topological polar surface area (TPSA) is 45.2 Å². The lowest BCUT2D eigenvalue weighted by atomic mass is 10.0. The van der Waals surface area contributed by atoms with Crippen LogP contribution in [0.1, 0.15) is 31.6 Å². The summed E-state index contributed by atoms with van der Waals surface area (Å²) in [5, 5.41) is 6.11. The molecule has 2 aromatic heterocycles. The molecule has 4 nitrogen and oxygen atoms in total. The van der Waals surface area contributed by atoms with Crippen molar-refractivity contribution in [2.24, 2.45) is 5.92 Å². The summed E-state index contributed by atoms with van der Waals surface area (Å²) in [7, 11) is 0. The lowest BCUT2D eigenvalue weighted by Gasteiger charge is -2.30. The van der Waals surface area contributed by atoms with Crippen LogP contribution in [0.2, 0.25) is 0 Å². The monoisotopic (exact) mass is 335 g/mol. The zero-order valence-electron chi connectivity index (χ0n) is 13.0. The Morgan fingerprint density at radius 2 is 2.36 bits per heavy atom. The molecule has 1 atom stereocenters. The number of thiazole rings is 1. The normalized spacial score (nSPS) is 18.5. The molecule has 0 radical (unpaired) electrons. The molecule has 1 N–H and O–H groups in total. The second kappa shape index (κ2) is 6.79. The number of nitrogens with zero attached hydrogens (tertiary/aromatic N) is 2. The average Bonchev–Trinajstić information content (AvgIpc) is 3.14. The van der Waals surface area contributed by atoms with Crippen LogP contribution < -0.4 is 10.2 Å². The Labute approximate surface area is 139 Å². The van der Waals surface area contributed by atoms with E-state index in [0.717, 1.165) is 34.7 Å². The van der Waals surface area contributed by atoms with Crippen molar-refractivity contribution >= 4 is 33.7 Å². The number of rotatable bonds is 4. The Balaban J connectivity index is 1.69. The number of hydrogen-bond acceptors (Lipinski definition) is 5. The first-order valence-corrected chi connectivity index (χ1v) is 9.35. The van der Waals surface area contributed by atoms with Crippen molar-refractivity contribution in [1.29, 1.82) is 0 Å². The van der Waals surface area contributed by atoms with E-state index in [2.05, 4.69) is 34.7 Å². The highest BCUT2D eigenvalue weighted by Gasteiger charge is 2.19. The van der Waals surface area contributed by atoms with E-state index in [-0.39, 0.29) is 5.91 Å². The van der Waals surface area contributed by atoms with Gasteiger partial charge in [-0.1, -0.05) is 6.92 Å². The minimum atomic E-state index is 0.00473. The number of carbonyl (C=O) groups is 1. The molecule has 1 aliphatic rings. The van der Waals surface area contributed by atoms with Gasteiger partial charge in [0, 0.05) is 30.3 Å². The number of hydrogen-bond donors (Lipinski definition) is 1. The van der Waals surface area contributed by atoms with E-state index in [1.54, 1.807) is 29.6 Å². The highest BCUT2D eigenvalue weighted by molar-refractivity contribution is 7.17. The van der Waals surface area contributed by atoms with Crippen LogP contribution in [0.25, 0.3) is 10.6 Å². The summed E-state index contributed by atoms with van der Waals surface area (Å²) >= 11 is 3.43. The number of aromatic nitrogens is 1. The number of amides is 1. The second-order valence-electron chi connectivity index (χ2n) is 5.88. The van der Waals surface area contributed by atoms with Crippen LogP contribution in [0.3, 0.4) is 0 Å². The summed E-state index contributed by atoms with van der Waals surface area (Å²) in [6.07, 6.45) is 2.59. The Morgan fingerprint density at radius 1 is 1.50 bits per heavy atom. The van der Waals surface area contributed by atoms with Gasteiger partial charge in [0.25, 0.3) is 0 Å². The first-order valence-electron chi connectivity index (χ1n) is 7.66. The maximum absolute atomic E-state index is 11.0. The zero-order valence-corrected chi connectivity index (χ0v) is 14.6. The number of nitrogens with one attached hydrogen (secondary N) is 1. The van der Waals surface area contributed by atoms with Crippen molar-refractivity contribution in [2.75, 3.05) is 18.0 Å². The molecular weight excluding hydrogens is 314 g/mol. The summed E-state index contributed by atoms with van der Waals surface area (Å²) < 4.78 is 0. The third kappa shape index (κ3) is 3.67. The fourth-order valence-electron chi connectivity index (χ4n) is 2.71. The highest BCUT2D eigenvalue weighted by Crippen LogP contribution is 2.33. The van der Waals surface area contributed by atoms with Crippen molar-refractivity contribution in [3.05, 3.63) is 22.4 Å². The molecule has 118 valence electrons. The second-order valence-corrected chi connectivity index (χ2v) is 7.89. The summed E-state index contributed by atoms with van der Waals surface area (Å²) in [6.45, 7) is 6.69. The maximum Gasteiger partial charge on any atom is 0.217 e. The molecule has 0 aliphatic carbocycles. The average molecular weight is 335 g/mol. The third-order valence-corrected chi connectivity index (χ3v) is 5.85. The molecule has 2 aromatic rings. The van der Waals surface area contributed by atoms with Gasteiger partial charge in [-0.3, -0.25) is 4.79 Å². The minimum Gasteiger partial charge on any atom is -0.351 e. The largest absolute Gasteiger partial charge is 0.351 e. The van der Waals surface area contributed by atoms with Crippen LogP contribution in [0.4, 0.5) is 5.13 Å². The molecule has 0 aromatic carbocycles. The van der Waals surface area contributed by atoms with Crippen LogP contribution in [0, 0.1) is 5.92 Å². The van der Waals surface area contributed by atoms with Gasteiger partial charge in [0.15, 0.2) is 5.13 Å². The van der Waals surface area contributed by atoms with E-state index >= 15 is 0 Å².